The Morgan fingerprint density at radius 3 is 2.77 bits per heavy atom. The van der Waals surface area contributed by atoms with Gasteiger partial charge in [-0.1, -0.05) is 17.3 Å². The molecule has 1 saturated heterocycles. The first-order valence-corrected chi connectivity index (χ1v) is 8.72. The first-order chi connectivity index (χ1) is 12.5. The molecular weight excluding hydrogens is 333 g/mol. The highest BCUT2D eigenvalue weighted by molar-refractivity contribution is 5.91. The molecule has 0 atom stereocenters. The number of halogens is 1. The number of alkyl halides is 1. The molecule has 0 aliphatic carbocycles. The van der Waals surface area contributed by atoms with Crippen molar-refractivity contribution in [1.82, 2.24) is 25.3 Å². The Bertz CT molecular complexity index is 961. The molecule has 7 heteroatoms. The van der Waals surface area contributed by atoms with E-state index in [-0.39, 0.29) is 25.0 Å². The fourth-order valence-corrected chi connectivity index (χ4v) is 3.42. The summed E-state index contributed by atoms with van der Waals surface area (Å²) >= 11 is 0. The highest BCUT2D eigenvalue weighted by Gasteiger charge is 2.39. The van der Waals surface area contributed by atoms with E-state index >= 15 is 0 Å². The van der Waals surface area contributed by atoms with Crippen molar-refractivity contribution in [1.29, 1.82) is 0 Å². The van der Waals surface area contributed by atoms with E-state index in [2.05, 4.69) is 20.6 Å². The van der Waals surface area contributed by atoms with Crippen LogP contribution in [-0.4, -0.2) is 44.5 Å². The van der Waals surface area contributed by atoms with Crippen LogP contribution >= 0.6 is 0 Å². The molecule has 0 spiro atoms. The summed E-state index contributed by atoms with van der Waals surface area (Å²) in [5.74, 6) is -0.377. The third kappa shape index (κ3) is 3.10. The predicted octanol–water partition coefficient (Wildman–Crippen LogP) is 2.23. The summed E-state index contributed by atoms with van der Waals surface area (Å²) in [6.07, 6.45) is 3.92. The quantitative estimate of drug-likeness (QED) is 0.779. The molecule has 6 nitrogen and oxygen atoms in total. The minimum Gasteiger partial charge on any atom is -0.316 e. The molecule has 1 fully saturated rings. The van der Waals surface area contributed by atoms with Gasteiger partial charge in [-0.2, -0.15) is 0 Å². The molecule has 26 heavy (non-hydrogen) atoms. The number of piperidine rings is 1. The number of hydrogen-bond acceptors (Lipinski definition) is 5. The number of Topliss-reactive ketones (excluding diaryl/α,β-unsaturated/α-hetero) is 1. The number of fused-ring (bicyclic) bond motifs is 1. The van der Waals surface area contributed by atoms with Crippen LogP contribution in [0.3, 0.4) is 0 Å². The van der Waals surface area contributed by atoms with Gasteiger partial charge < -0.3 is 5.32 Å². The number of rotatable bonds is 4. The average Bonchev–Trinajstić information content (AvgIpc) is 3.07. The van der Waals surface area contributed by atoms with Crippen molar-refractivity contribution >= 4 is 16.6 Å². The van der Waals surface area contributed by atoms with Gasteiger partial charge >= 0.3 is 0 Å². The van der Waals surface area contributed by atoms with Gasteiger partial charge in [-0.15, -0.1) is 5.10 Å². The summed E-state index contributed by atoms with van der Waals surface area (Å²) in [7, 11) is 1.84. The lowest BCUT2D eigenvalue weighted by atomic mass is 9.87. The van der Waals surface area contributed by atoms with Crippen molar-refractivity contribution in [2.24, 2.45) is 7.05 Å². The van der Waals surface area contributed by atoms with Gasteiger partial charge in [-0.05, 0) is 30.6 Å². The molecule has 1 aliphatic rings. The smallest absolute Gasteiger partial charge is 0.175 e. The van der Waals surface area contributed by atoms with Gasteiger partial charge in [0.1, 0.15) is 0 Å². The molecule has 134 valence electrons. The van der Waals surface area contributed by atoms with E-state index in [0.29, 0.717) is 18.8 Å². The van der Waals surface area contributed by atoms with Crippen LogP contribution in [0.15, 0.2) is 36.7 Å². The zero-order chi connectivity index (χ0) is 18.1. The number of carbonyl (C=O) groups is 1. The summed E-state index contributed by atoms with van der Waals surface area (Å²) in [6.45, 7) is 1.07. The lowest BCUT2D eigenvalue weighted by Crippen LogP contribution is -2.45. The summed E-state index contributed by atoms with van der Waals surface area (Å²) in [4.78, 5) is 16.8. The Labute approximate surface area is 150 Å². The summed E-state index contributed by atoms with van der Waals surface area (Å²) < 4.78 is 16.5. The number of aromatic nitrogens is 4. The molecule has 3 heterocycles. The van der Waals surface area contributed by atoms with Crippen molar-refractivity contribution in [3.8, 4) is 11.3 Å². The maximum Gasteiger partial charge on any atom is 0.175 e. The molecule has 1 aromatic carbocycles. The Balaban J connectivity index is 1.62. The van der Waals surface area contributed by atoms with E-state index in [9.17, 15) is 9.18 Å². The van der Waals surface area contributed by atoms with Gasteiger partial charge in [-0.25, -0.2) is 9.07 Å². The molecule has 0 unspecified atom stereocenters. The van der Waals surface area contributed by atoms with Crippen molar-refractivity contribution in [3.63, 3.8) is 0 Å². The van der Waals surface area contributed by atoms with Crippen LogP contribution < -0.4 is 5.32 Å². The molecule has 0 saturated carbocycles. The average molecular weight is 353 g/mol. The minimum atomic E-state index is -1.73. The lowest BCUT2D eigenvalue weighted by molar-refractivity contribution is -0.131. The second-order valence-corrected chi connectivity index (χ2v) is 6.80. The van der Waals surface area contributed by atoms with Crippen LogP contribution in [0.1, 0.15) is 18.5 Å². The van der Waals surface area contributed by atoms with Gasteiger partial charge in [0.2, 0.25) is 0 Å². The van der Waals surface area contributed by atoms with Gasteiger partial charge in [0.15, 0.2) is 11.5 Å². The number of nitrogens with zero attached hydrogens (tertiary/aromatic N) is 4. The normalized spacial score (nSPS) is 16.7. The number of nitrogens with one attached hydrogen (secondary N) is 1. The number of benzene rings is 1. The first kappa shape index (κ1) is 16.8. The van der Waals surface area contributed by atoms with Crippen LogP contribution in [0.25, 0.3) is 22.0 Å². The Hall–Kier alpha value is -2.67. The predicted molar refractivity (Wildman–Crippen MR) is 96.4 cm³/mol. The highest BCUT2D eigenvalue weighted by Crippen LogP contribution is 2.27. The molecule has 2 aromatic heterocycles. The zero-order valence-corrected chi connectivity index (χ0v) is 14.6. The number of ketones is 1. The maximum absolute atomic E-state index is 14.8. The van der Waals surface area contributed by atoms with Gasteiger partial charge in [0, 0.05) is 42.7 Å². The van der Waals surface area contributed by atoms with Crippen LogP contribution in [0.5, 0.6) is 0 Å². The second kappa shape index (κ2) is 6.57. The Kier molecular flexibility index (Phi) is 4.24. The molecule has 4 rings (SSSR count). The van der Waals surface area contributed by atoms with Crippen LogP contribution in [-0.2, 0) is 18.3 Å². The highest BCUT2D eigenvalue weighted by atomic mass is 19.1. The third-order valence-corrected chi connectivity index (χ3v) is 5.03. The number of aryl methyl sites for hydroxylation is 1. The summed E-state index contributed by atoms with van der Waals surface area (Å²) in [5, 5.41) is 12.9. The Morgan fingerprint density at radius 2 is 2.04 bits per heavy atom. The number of pyridine rings is 1. The van der Waals surface area contributed by atoms with E-state index in [1.54, 1.807) is 17.1 Å². The van der Waals surface area contributed by atoms with Crippen molar-refractivity contribution in [2.75, 3.05) is 13.1 Å². The van der Waals surface area contributed by atoms with E-state index in [1.165, 1.54) is 0 Å². The number of hydrogen-bond donors (Lipinski definition) is 1. The van der Waals surface area contributed by atoms with E-state index < -0.39 is 5.67 Å². The van der Waals surface area contributed by atoms with Gasteiger partial charge in [0.05, 0.1) is 18.3 Å². The van der Waals surface area contributed by atoms with E-state index in [1.807, 2.05) is 31.3 Å². The first-order valence-electron chi connectivity index (χ1n) is 8.72. The van der Waals surface area contributed by atoms with Crippen LogP contribution in [0.2, 0.25) is 0 Å². The second-order valence-electron chi connectivity index (χ2n) is 6.80. The Morgan fingerprint density at radius 1 is 1.23 bits per heavy atom. The maximum atomic E-state index is 14.8. The third-order valence-electron chi connectivity index (χ3n) is 5.03. The monoisotopic (exact) mass is 353 g/mol. The number of carbonyl (C=O) groups excluding carboxylic acids is 1. The minimum absolute atomic E-state index is 0.0178. The lowest BCUT2D eigenvalue weighted by Gasteiger charge is -2.28. The standard InChI is InChI=1S/C19H20FN5O/c1-25-17(12-23-24-25)13-2-3-14-11-22-16(9-15(14)8-13)10-18(26)19(20)4-6-21-7-5-19/h2-3,8-9,11-12,21H,4-7,10H2,1H3. The summed E-state index contributed by atoms with van der Waals surface area (Å²) in [5.41, 5.74) is 0.746. The molecule has 3 aromatic rings. The van der Waals surface area contributed by atoms with Crippen molar-refractivity contribution < 1.29 is 9.18 Å². The topological polar surface area (TPSA) is 72.7 Å². The van der Waals surface area contributed by atoms with E-state index in [0.717, 1.165) is 22.0 Å². The van der Waals surface area contributed by atoms with E-state index in [4.69, 9.17) is 0 Å². The molecule has 0 amide bonds. The molecular formula is C19H20FN5O. The molecule has 0 radical (unpaired) electrons. The molecule has 1 aliphatic heterocycles. The van der Waals surface area contributed by atoms with Gasteiger partial charge in [0.25, 0.3) is 0 Å². The zero-order valence-electron chi connectivity index (χ0n) is 14.6. The SMILES string of the molecule is Cn1nncc1-c1ccc2cnc(CC(=O)C3(F)CCNCC3)cc2c1. The van der Waals surface area contributed by atoms with Crippen LogP contribution in [0.4, 0.5) is 4.39 Å². The fraction of sp³-hybridized carbons (Fsp3) is 0.368. The molecule has 1 N–H and O–H groups in total. The summed E-state index contributed by atoms with van der Waals surface area (Å²) in [6, 6.07) is 7.84. The fourth-order valence-electron chi connectivity index (χ4n) is 3.42. The van der Waals surface area contributed by atoms with Crippen LogP contribution in [0, 0.1) is 0 Å². The van der Waals surface area contributed by atoms with Gasteiger partial charge in [-0.3, -0.25) is 9.78 Å². The van der Waals surface area contributed by atoms with Crippen molar-refractivity contribution in [2.45, 2.75) is 24.9 Å². The molecule has 0 bridgehead atoms. The largest absolute Gasteiger partial charge is 0.316 e. The van der Waals surface area contributed by atoms with Crippen molar-refractivity contribution in [3.05, 3.63) is 42.4 Å².